The standard InChI is InChI=1S/C19H26N2O2/c1-20-17(22)14-6-5-13-12-16-19(23)8-4-3-7-18(19,15(13)11-14)9-10-21(16)2/h5-6,11,16,23H,3-4,7-10,12H2,1-2H3,(H,20,22). The number of carbonyl (C=O) groups is 1. The van der Waals surface area contributed by atoms with E-state index < -0.39 is 5.60 Å². The number of amides is 1. The summed E-state index contributed by atoms with van der Waals surface area (Å²) >= 11 is 0. The third-order valence-corrected chi connectivity index (χ3v) is 6.74. The summed E-state index contributed by atoms with van der Waals surface area (Å²) in [6, 6.07) is 6.31. The first kappa shape index (κ1) is 15.2. The Morgan fingerprint density at radius 3 is 2.87 bits per heavy atom. The number of hydrogen-bond acceptors (Lipinski definition) is 3. The van der Waals surface area contributed by atoms with E-state index in [0.29, 0.717) is 5.56 Å². The van der Waals surface area contributed by atoms with Crippen LogP contribution < -0.4 is 5.32 Å². The minimum absolute atomic E-state index is 0.0430. The molecule has 1 aromatic carbocycles. The monoisotopic (exact) mass is 314 g/mol. The van der Waals surface area contributed by atoms with E-state index in [1.165, 1.54) is 17.5 Å². The van der Waals surface area contributed by atoms with Gasteiger partial charge in [-0.05, 0) is 62.5 Å². The molecule has 1 saturated heterocycles. The highest BCUT2D eigenvalue weighted by Crippen LogP contribution is 2.57. The molecule has 2 bridgehead atoms. The van der Waals surface area contributed by atoms with Crippen molar-refractivity contribution in [2.75, 3.05) is 20.6 Å². The maximum absolute atomic E-state index is 12.1. The lowest BCUT2D eigenvalue weighted by atomic mass is 9.49. The zero-order valence-electron chi connectivity index (χ0n) is 14.1. The van der Waals surface area contributed by atoms with Crippen LogP contribution in [-0.2, 0) is 11.8 Å². The Hall–Kier alpha value is -1.39. The highest BCUT2D eigenvalue weighted by atomic mass is 16.3. The molecular weight excluding hydrogens is 288 g/mol. The Morgan fingerprint density at radius 2 is 2.09 bits per heavy atom. The molecule has 4 rings (SSSR count). The Labute approximate surface area is 137 Å². The molecule has 0 radical (unpaired) electrons. The van der Waals surface area contributed by atoms with Crippen molar-refractivity contribution < 1.29 is 9.90 Å². The van der Waals surface area contributed by atoms with Crippen LogP contribution in [0, 0.1) is 0 Å². The minimum atomic E-state index is -0.646. The molecule has 4 nitrogen and oxygen atoms in total. The highest BCUT2D eigenvalue weighted by Gasteiger charge is 2.62. The van der Waals surface area contributed by atoms with Crippen molar-refractivity contribution in [1.82, 2.24) is 10.2 Å². The van der Waals surface area contributed by atoms with E-state index in [2.05, 4.69) is 29.4 Å². The molecule has 2 aliphatic carbocycles. The van der Waals surface area contributed by atoms with Gasteiger partial charge in [-0.1, -0.05) is 18.9 Å². The summed E-state index contributed by atoms with van der Waals surface area (Å²) in [5.41, 5.74) is 2.46. The molecule has 2 N–H and O–H groups in total. The summed E-state index contributed by atoms with van der Waals surface area (Å²) in [4.78, 5) is 14.4. The van der Waals surface area contributed by atoms with Crippen molar-refractivity contribution in [3.63, 3.8) is 0 Å². The van der Waals surface area contributed by atoms with E-state index >= 15 is 0 Å². The quantitative estimate of drug-likeness (QED) is 0.832. The lowest BCUT2D eigenvalue weighted by molar-refractivity contribution is -0.160. The van der Waals surface area contributed by atoms with Gasteiger partial charge in [-0.25, -0.2) is 0 Å². The van der Waals surface area contributed by atoms with Crippen LogP contribution in [0.5, 0.6) is 0 Å². The van der Waals surface area contributed by atoms with Crippen molar-refractivity contribution in [2.45, 2.75) is 55.6 Å². The van der Waals surface area contributed by atoms with Crippen LogP contribution in [-0.4, -0.2) is 48.2 Å². The molecule has 124 valence electrons. The molecule has 1 aromatic rings. The lowest BCUT2D eigenvalue weighted by Crippen LogP contribution is -2.71. The Kier molecular flexibility index (Phi) is 3.33. The number of carbonyl (C=O) groups excluding carboxylic acids is 1. The van der Waals surface area contributed by atoms with Crippen molar-refractivity contribution in [2.24, 2.45) is 0 Å². The summed E-state index contributed by atoms with van der Waals surface area (Å²) < 4.78 is 0. The molecule has 0 spiro atoms. The molecule has 3 aliphatic rings. The highest BCUT2D eigenvalue weighted by molar-refractivity contribution is 5.94. The van der Waals surface area contributed by atoms with Gasteiger partial charge in [0.05, 0.1) is 5.60 Å². The predicted molar refractivity (Wildman–Crippen MR) is 89.7 cm³/mol. The lowest BCUT2D eigenvalue weighted by Gasteiger charge is -2.63. The number of aliphatic hydroxyl groups is 1. The van der Waals surface area contributed by atoms with Crippen LogP contribution in [0.4, 0.5) is 0 Å². The third kappa shape index (κ3) is 1.88. The number of fused-ring (bicyclic) bond motifs is 1. The van der Waals surface area contributed by atoms with E-state index in [1.807, 2.05) is 6.07 Å². The van der Waals surface area contributed by atoms with Crippen LogP contribution >= 0.6 is 0 Å². The summed E-state index contributed by atoms with van der Waals surface area (Å²) in [6.07, 6.45) is 6.07. The maximum Gasteiger partial charge on any atom is 0.251 e. The summed E-state index contributed by atoms with van der Waals surface area (Å²) in [5, 5.41) is 14.4. The number of piperidine rings is 1. The fourth-order valence-electron chi connectivity index (χ4n) is 5.51. The second-order valence-corrected chi connectivity index (χ2v) is 7.62. The van der Waals surface area contributed by atoms with Gasteiger partial charge in [-0.2, -0.15) is 0 Å². The fourth-order valence-corrected chi connectivity index (χ4v) is 5.51. The van der Waals surface area contributed by atoms with Crippen LogP contribution in [0.25, 0.3) is 0 Å². The van der Waals surface area contributed by atoms with E-state index in [9.17, 15) is 9.90 Å². The zero-order chi connectivity index (χ0) is 16.2. The number of rotatable bonds is 1. The first-order chi connectivity index (χ1) is 11.0. The number of benzene rings is 1. The zero-order valence-corrected chi connectivity index (χ0v) is 14.1. The van der Waals surface area contributed by atoms with Gasteiger partial charge in [-0.15, -0.1) is 0 Å². The average molecular weight is 314 g/mol. The number of nitrogens with one attached hydrogen (secondary N) is 1. The molecule has 3 unspecified atom stereocenters. The van der Waals surface area contributed by atoms with Crippen LogP contribution in [0.1, 0.15) is 53.6 Å². The number of nitrogens with zero attached hydrogens (tertiary/aromatic N) is 1. The Morgan fingerprint density at radius 1 is 1.30 bits per heavy atom. The second kappa shape index (κ2) is 5.05. The van der Waals surface area contributed by atoms with Gasteiger partial charge >= 0.3 is 0 Å². The molecule has 23 heavy (non-hydrogen) atoms. The number of likely N-dealkylation sites (N-methyl/N-ethyl adjacent to an activating group) is 1. The summed E-state index contributed by atoms with van der Waals surface area (Å²) in [6.45, 7) is 1.02. The number of likely N-dealkylation sites (tertiary alicyclic amines) is 1. The van der Waals surface area contributed by atoms with Gasteiger partial charge in [0.15, 0.2) is 0 Å². The molecule has 1 amide bonds. The van der Waals surface area contributed by atoms with Gasteiger partial charge in [-0.3, -0.25) is 4.79 Å². The molecule has 0 aromatic heterocycles. The van der Waals surface area contributed by atoms with Crippen molar-refractivity contribution >= 4 is 5.91 Å². The van der Waals surface area contributed by atoms with Gasteiger partial charge < -0.3 is 15.3 Å². The van der Waals surface area contributed by atoms with Gasteiger partial charge in [0, 0.05) is 24.1 Å². The fraction of sp³-hybridized carbons (Fsp3) is 0.632. The van der Waals surface area contributed by atoms with Gasteiger partial charge in [0.2, 0.25) is 0 Å². The van der Waals surface area contributed by atoms with E-state index in [1.54, 1.807) is 7.05 Å². The molecule has 1 aliphatic heterocycles. The second-order valence-electron chi connectivity index (χ2n) is 7.62. The Bertz CT molecular complexity index is 659. The van der Waals surface area contributed by atoms with Crippen LogP contribution in [0.3, 0.4) is 0 Å². The van der Waals surface area contributed by atoms with Crippen molar-refractivity contribution in [3.05, 3.63) is 34.9 Å². The molecule has 4 heteroatoms. The minimum Gasteiger partial charge on any atom is -0.387 e. The first-order valence-corrected chi connectivity index (χ1v) is 8.80. The summed E-state index contributed by atoms with van der Waals surface area (Å²) in [5.74, 6) is -0.0430. The van der Waals surface area contributed by atoms with Crippen LogP contribution in [0.2, 0.25) is 0 Å². The SMILES string of the molecule is CNC(=O)c1ccc2c(c1)C13CCCCC1(O)C(C2)N(C)CC3. The molecule has 1 saturated carbocycles. The molecule has 2 fully saturated rings. The van der Waals surface area contributed by atoms with Gasteiger partial charge in [0.1, 0.15) is 0 Å². The van der Waals surface area contributed by atoms with Crippen LogP contribution in [0.15, 0.2) is 18.2 Å². The van der Waals surface area contributed by atoms with Crippen molar-refractivity contribution in [3.8, 4) is 0 Å². The molecular formula is C19H26N2O2. The first-order valence-electron chi connectivity index (χ1n) is 8.80. The molecule has 1 heterocycles. The van der Waals surface area contributed by atoms with E-state index in [-0.39, 0.29) is 17.4 Å². The Balaban J connectivity index is 1.91. The topological polar surface area (TPSA) is 52.6 Å². The normalized spacial score (nSPS) is 36.0. The largest absolute Gasteiger partial charge is 0.387 e. The van der Waals surface area contributed by atoms with Crippen molar-refractivity contribution in [1.29, 1.82) is 0 Å². The van der Waals surface area contributed by atoms with E-state index in [4.69, 9.17) is 0 Å². The number of hydrogen-bond donors (Lipinski definition) is 2. The van der Waals surface area contributed by atoms with Gasteiger partial charge in [0.25, 0.3) is 5.91 Å². The maximum atomic E-state index is 12.1. The summed E-state index contributed by atoms with van der Waals surface area (Å²) in [7, 11) is 3.81. The molecule has 3 atom stereocenters. The third-order valence-electron chi connectivity index (χ3n) is 6.74. The van der Waals surface area contributed by atoms with E-state index in [0.717, 1.165) is 38.6 Å². The average Bonchev–Trinajstić information content (AvgIpc) is 2.57. The predicted octanol–water partition coefficient (Wildman–Crippen LogP) is 1.85. The smallest absolute Gasteiger partial charge is 0.251 e.